The summed E-state index contributed by atoms with van der Waals surface area (Å²) in [5.41, 5.74) is -3.97. The Kier molecular flexibility index (Phi) is 26.1. The maximum atomic E-state index is 14.1. The quantitative estimate of drug-likeness (QED) is 0.0492. The second kappa shape index (κ2) is 32.0. The lowest BCUT2D eigenvalue weighted by Crippen LogP contribution is -2.56. The van der Waals surface area contributed by atoms with Gasteiger partial charge in [0.2, 0.25) is 23.6 Å². The van der Waals surface area contributed by atoms with Gasteiger partial charge in [0.15, 0.2) is 0 Å². The molecule has 2 aromatic carbocycles. The molecule has 91 heavy (non-hydrogen) atoms. The van der Waals surface area contributed by atoms with Crippen LogP contribution in [-0.4, -0.2) is 164 Å². The van der Waals surface area contributed by atoms with Crippen LogP contribution in [0.4, 0.5) is 9.59 Å². The Balaban J connectivity index is 0.000000253. The van der Waals surface area contributed by atoms with E-state index in [2.05, 4.69) is 53.1 Å². The Morgan fingerprint density at radius 1 is 0.626 bits per heavy atom. The summed E-state index contributed by atoms with van der Waals surface area (Å²) in [6.45, 7) is 13.8. The smallest absolute Gasteiger partial charge is 0.408 e. The van der Waals surface area contributed by atoms with Gasteiger partial charge < -0.3 is 55.1 Å². The van der Waals surface area contributed by atoms with E-state index in [4.69, 9.17) is 33.8 Å². The average Bonchev–Trinajstić information content (AvgIpc) is 1.60. The van der Waals surface area contributed by atoms with Gasteiger partial charge in [-0.05, 0) is 155 Å². The molecule has 4 heterocycles. The van der Waals surface area contributed by atoms with E-state index in [0.29, 0.717) is 36.6 Å². The van der Waals surface area contributed by atoms with Gasteiger partial charge in [-0.25, -0.2) is 27.6 Å². The fraction of sp³-hybridized carbons (Fsp3) is 0.613. The zero-order chi connectivity index (χ0) is 67.3. The van der Waals surface area contributed by atoms with Crippen molar-refractivity contribution >= 4 is 109 Å². The first-order valence-electron chi connectivity index (χ1n) is 30.6. The largest absolute Gasteiger partial charge is 0.464 e. The highest BCUT2D eigenvalue weighted by atomic mass is 79.9. The first-order chi connectivity index (χ1) is 42.6. The molecule has 0 unspecified atom stereocenters. The minimum Gasteiger partial charge on any atom is -0.464 e. The van der Waals surface area contributed by atoms with Crippen LogP contribution in [0.3, 0.4) is 0 Å². The lowest BCUT2D eigenvalue weighted by molar-refractivity contribution is -0.150. The Hall–Kier alpha value is -5.65. The summed E-state index contributed by atoms with van der Waals surface area (Å²) in [5.74, 6) is -3.67. The van der Waals surface area contributed by atoms with Gasteiger partial charge in [-0.2, -0.15) is 8.42 Å². The Labute approximate surface area is 554 Å². The minimum absolute atomic E-state index is 0.0286. The molecule has 10 atom stereocenters. The zero-order valence-electron chi connectivity index (χ0n) is 52.5. The van der Waals surface area contributed by atoms with Crippen LogP contribution in [0.5, 0.6) is 0 Å². The number of carbonyl (C=O) groups excluding carboxylic acids is 8. The van der Waals surface area contributed by atoms with E-state index in [1.165, 1.54) is 34.1 Å². The van der Waals surface area contributed by atoms with Gasteiger partial charge in [0.25, 0.3) is 19.2 Å². The lowest BCUT2D eigenvalue weighted by Gasteiger charge is -2.30. The normalized spacial score (nSPS) is 28.0. The number of benzene rings is 2. The third-order valence-corrected chi connectivity index (χ3v) is 19.4. The molecule has 504 valence electrons. The SMILES string of the molecule is CCOC(=O)[C@@]12C[C@H]1/C=C\CCCCC[C@H](NC(=O)OC(C)(C)C)C(=O)N1C[C@@H](O)C[C@H]1C(=O)N2.CCOC(=O)[C@@]12C[C@H]1/C=C\CCCCC[C@H](NC(=O)OC(C)(C)C)C(=O)N1C[C@@H](OS(=O)(=O)c3ccc(Br)cc3)C[C@H]1C(=O)N2.O=S(=O)(Cl)c1ccc(Br)cc1. The highest BCUT2D eigenvalue weighted by Crippen LogP contribution is 2.47. The van der Waals surface area contributed by atoms with Crippen molar-refractivity contribution in [3.05, 3.63) is 81.8 Å². The monoisotopic (exact) mass is 1460 g/mol. The second-order valence-electron chi connectivity index (χ2n) is 25.2. The fourth-order valence-electron chi connectivity index (χ4n) is 11.0. The van der Waals surface area contributed by atoms with Crippen LogP contribution in [-0.2, 0) is 71.1 Å². The molecule has 2 saturated carbocycles. The summed E-state index contributed by atoms with van der Waals surface area (Å²) < 4.78 is 76.0. The predicted molar refractivity (Wildman–Crippen MR) is 342 cm³/mol. The van der Waals surface area contributed by atoms with Crippen molar-refractivity contribution in [1.82, 2.24) is 31.1 Å². The summed E-state index contributed by atoms with van der Waals surface area (Å²) in [4.78, 5) is 108. The molecule has 0 radical (unpaired) electrons. The fourth-order valence-corrected chi connectivity index (χ4v) is 13.4. The van der Waals surface area contributed by atoms with Crippen LogP contribution in [0.2, 0.25) is 0 Å². The molecule has 4 fully saturated rings. The lowest BCUT2D eigenvalue weighted by atomic mass is 10.0. The number of alkyl carbamates (subject to hydrolysis) is 2. The summed E-state index contributed by atoms with van der Waals surface area (Å²) in [6, 6.07) is 7.95. The van der Waals surface area contributed by atoms with Crippen molar-refractivity contribution in [2.45, 2.75) is 214 Å². The van der Waals surface area contributed by atoms with Crippen LogP contribution in [0, 0.1) is 11.8 Å². The first kappa shape index (κ1) is 74.4. The molecule has 29 heteroatoms. The van der Waals surface area contributed by atoms with Crippen molar-refractivity contribution < 1.29 is 83.4 Å². The van der Waals surface area contributed by atoms with Crippen molar-refractivity contribution in [2.75, 3.05) is 26.3 Å². The number of nitrogens with one attached hydrogen (secondary N) is 4. The van der Waals surface area contributed by atoms with Gasteiger partial charge in [0.05, 0.1) is 35.2 Å². The summed E-state index contributed by atoms with van der Waals surface area (Å²) in [5, 5.41) is 21.3. The predicted octanol–water partition coefficient (Wildman–Crippen LogP) is 8.15. The van der Waals surface area contributed by atoms with Gasteiger partial charge >= 0.3 is 24.1 Å². The Morgan fingerprint density at radius 2 is 1.03 bits per heavy atom. The van der Waals surface area contributed by atoms with E-state index in [1.54, 1.807) is 79.7 Å². The zero-order valence-corrected chi connectivity index (χ0v) is 58.1. The van der Waals surface area contributed by atoms with Crippen molar-refractivity contribution in [3.63, 3.8) is 0 Å². The van der Waals surface area contributed by atoms with Crippen LogP contribution >= 0.6 is 42.5 Å². The third kappa shape index (κ3) is 21.4. The van der Waals surface area contributed by atoms with Gasteiger partial charge in [0.1, 0.15) is 46.4 Å². The topological polar surface area (TPSA) is 326 Å². The molecule has 0 aromatic heterocycles. The van der Waals surface area contributed by atoms with E-state index >= 15 is 0 Å². The number of fused-ring (bicyclic) bond motifs is 4. The number of ether oxygens (including phenoxy) is 4. The summed E-state index contributed by atoms with van der Waals surface area (Å²) in [6.07, 6.45) is 12.0. The molecule has 2 aromatic rings. The number of allylic oxidation sites excluding steroid dienone is 2. The molecule has 8 rings (SSSR count). The molecule has 0 bridgehead atoms. The molecular formula is C62H85Br2ClN6O18S2. The average molecular weight is 1460 g/mol. The number of aliphatic hydroxyl groups is 1. The number of hydrogen-bond donors (Lipinski definition) is 5. The van der Waals surface area contributed by atoms with Crippen LogP contribution in [0.1, 0.15) is 145 Å². The van der Waals surface area contributed by atoms with Gasteiger partial charge in [-0.3, -0.25) is 23.4 Å². The molecule has 2 aliphatic carbocycles. The number of rotatable bonds is 10. The highest BCUT2D eigenvalue weighted by Gasteiger charge is 2.63. The van der Waals surface area contributed by atoms with E-state index in [9.17, 15) is 60.3 Å². The number of hydrogen-bond acceptors (Lipinski definition) is 18. The van der Waals surface area contributed by atoms with Crippen molar-refractivity contribution in [1.29, 1.82) is 0 Å². The third-order valence-electron chi connectivity index (χ3n) is 15.6. The van der Waals surface area contributed by atoms with Crippen molar-refractivity contribution in [2.24, 2.45) is 11.8 Å². The molecule has 24 nitrogen and oxygen atoms in total. The van der Waals surface area contributed by atoms with Crippen molar-refractivity contribution in [3.8, 4) is 0 Å². The molecule has 6 amide bonds. The Morgan fingerprint density at radius 3 is 1.44 bits per heavy atom. The molecule has 6 aliphatic rings. The molecule has 5 N–H and O–H groups in total. The number of carbonyl (C=O) groups is 8. The maximum Gasteiger partial charge on any atom is 0.408 e. The molecular weight excluding hydrogens is 1380 g/mol. The van der Waals surface area contributed by atoms with E-state index in [-0.39, 0.29) is 67.2 Å². The number of halogens is 3. The van der Waals surface area contributed by atoms with Crippen LogP contribution in [0.25, 0.3) is 0 Å². The molecule has 0 spiro atoms. The highest BCUT2D eigenvalue weighted by molar-refractivity contribution is 9.10. The Bertz CT molecular complexity index is 3240. The van der Waals surface area contributed by atoms with E-state index < -0.39 is 126 Å². The van der Waals surface area contributed by atoms with Gasteiger partial charge in [0, 0.05) is 57.4 Å². The van der Waals surface area contributed by atoms with E-state index in [0.717, 1.165) is 43.0 Å². The number of amides is 6. The first-order valence-corrected chi connectivity index (χ1v) is 35.9. The second-order valence-corrected chi connectivity index (χ2v) is 31.1. The van der Waals surface area contributed by atoms with Crippen LogP contribution < -0.4 is 21.3 Å². The minimum atomic E-state index is -4.25. The summed E-state index contributed by atoms with van der Waals surface area (Å²) >= 11 is 6.45. The summed E-state index contributed by atoms with van der Waals surface area (Å²) in [7, 11) is -2.75. The maximum absolute atomic E-state index is 14.1. The standard InChI is InChI=1S/C31H42BrN3O9S.C25H39N3O7.C6H4BrClO2S/c1-5-42-28(38)31-18-20(31)11-9-7-6-8-10-12-24(33-29(39)43-30(2,3)4)27(37)35-19-22(17-25(35)26(36)34-31)44-45(40,41)23-15-13-21(32)14-16-23;1-5-34-22(32)25-14-16(25)11-9-7-6-8-10-12-18(26-23(33)35-24(2,3)4)21(31)28-15-17(29)13-19(28)20(30)27-25;7-5-1-3-6(4-2-5)11(8,9)10/h9,11,13-16,20,22,24-25H,5-8,10,12,17-19H2,1-4H3,(H,33,39)(H,34,36);9,11,16-19,29H,5-8,10,12-15H2,1-4H3,(H,26,33)(H,27,30);1-4H/b2*11-9-;/t20-,22+,24+,25+,31-;16-,17+,18+,19+,25-;/m11./s1. The van der Waals surface area contributed by atoms with E-state index in [1.807, 2.05) is 24.3 Å². The number of aliphatic hydroxyl groups excluding tert-OH is 1. The van der Waals surface area contributed by atoms with Crippen LogP contribution in [0.15, 0.2) is 91.6 Å². The van der Waals surface area contributed by atoms with Gasteiger partial charge in [-0.1, -0.05) is 81.8 Å². The number of esters is 2. The number of nitrogens with zero attached hydrogens (tertiary/aromatic N) is 2. The molecule has 2 saturated heterocycles. The molecule has 4 aliphatic heterocycles. The van der Waals surface area contributed by atoms with Gasteiger partial charge in [-0.15, -0.1) is 0 Å².